The molecule has 4 aromatic rings. The van der Waals surface area contributed by atoms with Crippen molar-refractivity contribution in [1.29, 1.82) is 0 Å². The Hall–Kier alpha value is -5.16. The van der Waals surface area contributed by atoms with E-state index in [0.29, 0.717) is 66.6 Å². The topological polar surface area (TPSA) is 122 Å². The number of rotatable bonds is 10. The van der Waals surface area contributed by atoms with Crippen molar-refractivity contribution in [3.05, 3.63) is 99.1 Å². The van der Waals surface area contributed by atoms with Crippen LogP contribution in [0, 0.1) is 5.82 Å². The van der Waals surface area contributed by atoms with Gasteiger partial charge in [-0.05, 0) is 66.9 Å². The van der Waals surface area contributed by atoms with E-state index in [0.717, 1.165) is 24.5 Å². The summed E-state index contributed by atoms with van der Waals surface area (Å²) in [6.07, 6.45) is 6.28. The van der Waals surface area contributed by atoms with Gasteiger partial charge in [-0.25, -0.2) is 9.18 Å². The van der Waals surface area contributed by atoms with Crippen molar-refractivity contribution >= 4 is 34.4 Å². The summed E-state index contributed by atoms with van der Waals surface area (Å²) in [5, 5.41) is 20.1. The molecule has 10 nitrogen and oxygen atoms in total. The highest BCUT2D eigenvalue weighted by Crippen LogP contribution is 2.38. The lowest BCUT2D eigenvalue weighted by atomic mass is 10.0. The summed E-state index contributed by atoms with van der Waals surface area (Å²) >= 11 is 0. The molecule has 3 aromatic carbocycles. The van der Waals surface area contributed by atoms with Crippen LogP contribution in [0.15, 0.2) is 65.6 Å². The number of nitrogens with zero attached hydrogens (tertiary/aromatic N) is 3. The Balaban J connectivity index is 1.15. The number of carbonyl (C=O) groups is 2. The van der Waals surface area contributed by atoms with E-state index >= 15 is 4.39 Å². The standard InChI is InChI=1S/C35H34FN3O7/c1-45-32-10-4-21(15-33(32)46-2)3-8-30(40)22-5-9-31(41)23(16-22)19-37-11-13-38(14-12-37)29-18-28-25(17-27(29)36)34(42)26(35(43)44)20-39(28)24-6-7-24/h3-5,8-10,15-18,20,24,41H,6-7,11-14,19H2,1-2H3,(H,43,44)/b8-3+. The summed E-state index contributed by atoms with van der Waals surface area (Å²) in [4.78, 5) is 41.5. The van der Waals surface area contributed by atoms with Gasteiger partial charge in [0.05, 0.1) is 25.4 Å². The molecule has 1 saturated carbocycles. The molecule has 2 N–H and O–H groups in total. The fourth-order valence-corrected chi connectivity index (χ4v) is 5.89. The van der Waals surface area contributed by atoms with E-state index in [9.17, 15) is 24.6 Å². The summed E-state index contributed by atoms with van der Waals surface area (Å²) in [7, 11) is 3.10. The van der Waals surface area contributed by atoms with Crippen LogP contribution in [0.25, 0.3) is 17.0 Å². The van der Waals surface area contributed by atoms with Gasteiger partial charge < -0.3 is 29.2 Å². The highest BCUT2D eigenvalue weighted by molar-refractivity contribution is 6.07. The highest BCUT2D eigenvalue weighted by atomic mass is 19.1. The third kappa shape index (κ3) is 6.18. The number of allylic oxidation sites excluding steroid dienone is 1. The zero-order valence-electron chi connectivity index (χ0n) is 25.5. The Morgan fingerprint density at radius 2 is 1.72 bits per heavy atom. The van der Waals surface area contributed by atoms with Gasteiger partial charge in [-0.15, -0.1) is 0 Å². The van der Waals surface area contributed by atoms with E-state index in [-0.39, 0.29) is 28.5 Å². The second kappa shape index (κ2) is 12.7. The van der Waals surface area contributed by atoms with E-state index < -0.39 is 17.2 Å². The third-order valence-corrected chi connectivity index (χ3v) is 8.58. The number of piperazine rings is 1. The molecule has 2 heterocycles. The molecular weight excluding hydrogens is 593 g/mol. The maximum atomic E-state index is 15.4. The number of ether oxygens (including phenoxy) is 2. The third-order valence-electron chi connectivity index (χ3n) is 8.58. The summed E-state index contributed by atoms with van der Waals surface area (Å²) in [6.45, 7) is 2.54. The average molecular weight is 628 g/mol. The Bertz CT molecular complexity index is 1920. The van der Waals surface area contributed by atoms with Crippen molar-refractivity contribution in [3.8, 4) is 17.2 Å². The molecule has 11 heteroatoms. The number of benzene rings is 3. The van der Waals surface area contributed by atoms with Crippen molar-refractivity contribution in [2.45, 2.75) is 25.4 Å². The van der Waals surface area contributed by atoms with Crippen molar-refractivity contribution in [2.24, 2.45) is 0 Å². The quantitative estimate of drug-likeness (QED) is 0.182. The zero-order valence-corrected chi connectivity index (χ0v) is 25.5. The number of carboxylic acids is 1. The molecule has 0 atom stereocenters. The number of phenolic OH excluding ortho intramolecular Hbond substituents is 1. The Labute approximate surface area is 264 Å². The number of fused-ring (bicyclic) bond motifs is 1. The minimum atomic E-state index is -1.33. The lowest BCUT2D eigenvalue weighted by Crippen LogP contribution is -2.46. The van der Waals surface area contributed by atoms with Gasteiger partial charge in [0.25, 0.3) is 0 Å². The van der Waals surface area contributed by atoms with Crippen molar-refractivity contribution in [2.75, 3.05) is 45.3 Å². The number of halogens is 1. The summed E-state index contributed by atoms with van der Waals surface area (Å²) in [5.74, 6) is -0.884. The number of aromatic carboxylic acids is 1. The van der Waals surface area contributed by atoms with Crippen LogP contribution in [0.2, 0.25) is 0 Å². The first-order valence-electron chi connectivity index (χ1n) is 15.0. The van der Waals surface area contributed by atoms with E-state index in [2.05, 4.69) is 4.90 Å². The van der Waals surface area contributed by atoms with Crippen LogP contribution in [0.1, 0.15) is 50.7 Å². The summed E-state index contributed by atoms with van der Waals surface area (Å²) < 4.78 is 27.8. The molecule has 0 unspecified atom stereocenters. The predicted molar refractivity (Wildman–Crippen MR) is 172 cm³/mol. The number of methoxy groups -OCH3 is 2. The van der Waals surface area contributed by atoms with Gasteiger partial charge in [-0.3, -0.25) is 14.5 Å². The number of carbonyl (C=O) groups excluding carboxylic acids is 1. The van der Waals surface area contributed by atoms with E-state index in [4.69, 9.17) is 9.47 Å². The number of phenols is 1. The van der Waals surface area contributed by atoms with Gasteiger partial charge in [0.1, 0.15) is 17.1 Å². The lowest BCUT2D eigenvalue weighted by Gasteiger charge is -2.36. The molecule has 0 bridgehead atoms. The number of carboxylic acid groups (broad SMARTS) is 1. The van der Waals surface area contributed by atoms with Crippen molar-refractivity contribution in [1.82, 2.24) is 9.47 Å². The van der Waals surface area contributed by atoms with E-state index in [1.54, 1.807) is 55.2 Å². The Kier molecular flexibility index (Phi) is 8.50. The number of pyridine rings is 1. The largest absolute Gasteiger partial charge is 0.508 e. The first-order valence-corrected chi connectivity index (χ1v) is 15.0. The highest BCUT2D eigenvalue weighted by Gasteiger charge is 2.28. The zero-order chi connectivity index (χ0) is 32.5. The number of ketones is 1. The number of hydrogen-bond acceptors (Lipinski definition) is 8. The molecule has 1 aromatic heterocycles. The second-order valence-corrected chi connectivity index (χ2v) is 11.6. The van der Waals surface area contributed by atoms with Crippen LogP contribution in [-0.4, -0.2) is 71.8 Å². The number of anilines is 1. The molecule has 0 amide bonds. The first kappa shape index (κ1) is 30.8. The number of aromatic hydroxyl groups is 1. The SMILES string of the molecule is COc1ccc(/C=C/C(=O)c2ccc(O)c(CN3CCN(c4cc5c(cc4F)c(=O)c(C(=O)O)cn5C4CC4)CC3)c2)cc1OC. The number of hydrogen-bond donors (Lipinski definition) is 2. The first-order chi connectivity index (χ1) is 22.2. The Morgan fingerprint density at radius 1 is 0.978 bits per heavy atom. The maximum Gasteiger partial charge on any atom is 0.341 e. The van der Waals surface area contributed by atoms with Gasteiger partial charge in [-0.2, -0.15) is 0 Å². The fraction of sp³-hybridized carbons (Fsp3) is 0.286. The summed E-state index contributed by atoms with van der Waals surface area (Å²) in [6, 6.07) is 13.0. The molecule has 1 saturated heterocycles. The Morgan fingerprint density at radius 3 is 2.39 bits per heavy atom. The van der Waals surface area contributed by atoms with Gasteiger partial charge in [0.15, 0.2) is 17.3 Å². The van der Waals surface area contributed by atoms with Crippen LogP contribution >= 0.6 is 0 Å². The predicted octanol–water partition coefficient (Wildman–Crippen LogP) is 5.11. The fourth-order valence-electron chi connectivity index (χ4n) is 5.89. The van der Waals surface area contributed by atoms with Crippen molar-refractivity contribution < 1.29 is 33.7 Å². The molecule has 2 fully saturated rings. The maximum absolute atomic E-state index is 15.4. The molecule has 1 aliphatic carbocycles. The van der Waals surface area contributed by atoms with Gasteiger partial charge in [0.2, 0.25) is 5.43 Å². The lowest BCUT2D eigenvalue weighted by molar-refractivity contribution is 0.0694. The van der Waals surface area contributed by atoms with Gasteiger partial charge in [-0.1, -0.05) is 12.1 Å². The average Bonchev–Trinajstić information content (AvgIpc) is 3.90. The van der Waals surface area contributed by atoms with Crippen LogP contribution in [0.4, 0.5) is 10.1 Å². The smallest absolute Gasteiger partial charge is 0.341 e. The molecule has 0 spiro atoms. The van der Waals surface area contributed by atoms with Gasteiger partial charge >= 0.3 is 5.97 Å². The van der Waals surface area contributed by atoms with Crippen molar-refractivity contribution in [3.63, 3.8) is 0 Å². The molecule has 2 aliphatic rings. The molecule has 46 heavy (non-hydrogen) atoms. The summed E-state index contributed by atoms with van der Waals surface area (Å²) in [5.41, 5.74) is 1.66. The van der Waals surface area contributed by atoms with Crippen LogP contribution < -0.4 is 19.8 Å². The minimum Gasteiger partial charge on any atom is -0.508 e. The molecular formula is C35H34FN3O7. The molecule has 1 aliphatic heterocycles. The minimum absolute atomic E-state index is 0.0650. The van der Waals surface area contributed by atoms with E-state index in [1.165, 1.54) is 18.3 Å². The molecule has 238 valence electrons. The normalized spacial score (nSPS) is 15.4. The van der Waals surface area contributed by atoms with Crippen LogP contribution in [0.3, 0.4) is 0 Å². The second-order valence-electron chi connectivity index (χ2n) is 11.6. The number of aromatic nitrogens is 1. The van der Waals surface area contributed by atoms with Crippen LogP contribution in [0.5, 0.6) is 17.2 Å². The molecule has 0 radical (unpaired) electrons. The van der Waals surface area contributed by atoms with Gasteiger partial charge in [0, 0.05) is 61.5 Å². The van der Waals surface area contributed by atoms with E-state index in [1.807, 2.05) is 11.0 Å². The molecule has 6 rings (SSSR count). The monoisotopic (exact) mass is 627 g/mol. The van der Waals surface area contributed by atoms with Crippen LogP contribution in [-0.2, 0) is 6.54 Å².